The molecule has 4 heteroatoms. The molecule has 1 aliphatic heterocycles. The summed E-state index contributed by atoms with van der Waals surface area (Å²) in [5.74, 6) is 0.0537. The molecule has 1 aromatic carbocycles. The second kappa shape index (κ2) is 3.55. The molecule has 1 aliphatic rings. The van der Waals surface area contributed by atoms with Crippen LogP contribution < -0.4 is 4.74 Å². The van der Waals surface area contributed by atoms with Crippen molar-refractivity contribution in [3.05, 3.63) is 29.6 Å². The molecule has 3 nitrogen and oxygen atoms in total. The van der Waals surface area contributed by atoms with E-state index < -0.39 is 18.0 Å². The standard InChI is InChI=1S/C10H11FO3/c11-6-1-2-10-8(3-6)9(13)4-7(5-12)14-10/h1-3,7,9,12-13H,4-5H2/t7-,9+/m0/s1. The number of hydrogen-bond acceptors (Lipinski definition) is 3. The summed E-state index contributed by atoms with van der Waals surface area (Å²) in [6.45, 7) is -0.145. The molecule has 0 unspecified atom stereocenters. The Morgan fingerprint density at radius 2 is 2.29 bits per heavy atom. The number of halogens is 1. The second-order valence-electron chi connectivity index (χ2n) is 3.36. The van der Waals surface area contributed by atoms with E-state index in [-0.39, 0.29) is 6.61 Å². The van der Waals surface area contributed by atoms with E-state index in [1.165, 1.54) is 18.2 Å². The van der Waals surface area contributed by atoms with Crippen LogP contribution in [0.25, 0.3) is 0 Å². The van der Waals surface area contributed by atoms with E-state index in [0.29, 0.717) is 17.7 Å². The zero-order valence-electron chi connectivity index (χ0n) is 7.48. The summed E-state index contributed by atoms with van der Waals surface area (Å²) in [5, 5.41) is 18.5. The lowest BCUT2D eigenvalue weighted by Crippen LogP contribution is -2.28. The van der Waals surface area contributed by atoms with Gasteiger partial charge in [-0.3, -0.25) is 0 Å². The minimum Gasteiger partial charge on any atom is -0.488 e. The smallest absolute Gasteiger partial charge is 0.125 e. The SMILES string of the molecule is OC[C@@H]1C[C@@H](O)c2cc(F)ccc2O1. The number of aliphatic hydroxyl groups excluding tert-OH is 2. The normalized spacial score (nSPS) is 25.4. The Labute approximate surface area is 80.8 Å². The Bertz CT molecular complexity index is 340. The van der Waals surface area contributed by atoms with Gasteiger partial charge >= 0.3 is 0 Å². The highest BCUT2D eigenvalue weighted by Gasteiger charge is 2.26. The van der Waals surface area contributed by atoms with Gasteiger partial charge < -0.3 is 14.9 Å². The Balaban J connectivity index is 2.35. The van der Waals surface area contributed by atoms with Gasteiger partial charge in [-0.1, -0.05) is 0 Å². The third kappa shape index (κ3) is 1.58. The summed E-state index contributed by atoms with van der Waals surface area (Å²) < 4.78 is 18.2. The molecule has 2 atom stereocenters. The molecule has 0 saturated heterocycles. The number of rotatable bonds is 1. The number of fused-ring (bicyclic) bond motifs is 1. The maximum atomic E-state index is 12.8. The first-order chi connectivity index (χ1) is 6.70. The molecule has 0 saturated carbocycles. The lowest BCUT2D eigenvalue weighted by atomic mass is 9.99. The van der Waals surface area contributed by atoms with E-state index in [0.717, 1.165) is 0 Å². The fourth-order valence-electron chi connectivity index (χ4n) is 1.60. The number of aliphatic hydroxyl groups is 2. The van der Waals surface area contributed by atoms with Crippen LogP contribution in [0.3, 0.4) is 0 Å². The molecule has 0 bridgehead atoms. The summed E-state index contributed by atoms with van der Waals surface area (Å²) in [4.78, 5) is 0. The van der Waals surface area contributed by atoms with Crippen molar-refractivity contribution in [1.82, 2.24) is 0 Å². The first kappa shape index (κ1) is 9.43. The average Bonchev–Trinajstić information content (AvgIpc) is 2.19. The van der Waals surface area contributed by atoms with E-state index in [9.17, 15) is 9.50 Å². The van der Waals surface area contributed by atoms with E-state index in [2.05, 4.69) is 0 Å². The number of ether oxygens (including phenoxy) is 1. The monoisotopic (exact) mass is 198 g/mol. The van der Waals surface area contributed by atoms with Crippen LogP contribution in [0, 0.1) is 5.82 Å². The van der Waals surface area contributed by atoms with Crippen LogP contribution in [0.15, 0.2) is 18.2 Å². The molecule has 0 fully saturated rings. The maximum Gasteiger partial charge on any atom is 0.125 e. The van der Waals surface area contributed by atoms with Crippen LogP contribution in [-0.4, -0.2) is 22.9 Å². The molecular weight excluding hydrogens is 187 g/mol. The Morgan fingerprint density at radius 3 is 3.00 bits per heavy atom. The van der Waals surface area contributed by atoms with Gasteiger partial charge in [-0.15, -0.1) is 0 Å². The minimum absolute atomic E-state index is 0.145. The van der Waals surface area contributed by atoms with Crippen molar-refractivity contribution < 1.29 is 19.3 Å². The van der Waals surface area contributed by atoms with Gasteiger partial charge in [0.15, 0.2) is 0 Å². The highest BCUT2D eigenvalue weighted by molar-refractivity contribution is 5.37. The van der Waals surface area contributed by atoms with Crippen molar-refractivity contribution in [2.45, 2.75) is 18.6 Å². The molecule has 0 aliphatic carbocycles. The zero-order chi connectivity index (χ0) is 10.1. The second-order valence-corrected chi connectivity index (χ2v) is 3.36. The van der Waals surface area contributed by atoms with Crippen LogP contribution in [-0.2, 0) is 0 Å². The van der Waals surface area contributed by atoms with E-state index in [4.69, 9.17) is 9.84 Å². The molecular formula is C10H11FO3. The predicted molar refractivity (Wildman–Crippen MR) is 47.5 cm³/mol. The van der Waals surface area contributed by atoms with Crippen LogP contribution in [0.2, 0.25) is 0 Å². The Morgan fingerprint density at radius 1 is 1.50 bits per heavy atom. The lowest BCUT2D eigenvalue weighted by Gasteiger charge is -2.28. The molecule has 14 heavy (non-hydrogen) atoms. The molecule has 76 valence electrons. The van der Waals surface area contributed by atoms with Crippen molar-refractivity contribution >= 4 is 0 Å². The van der Waals surface area contributed by atoms with Crippen molar-refractivity contribution in [1.29, 1.82) is 0 Å². The van der Waals surface area contributed by atoms with Gasteiger partial charge in [-0.2, -0.15) is 0 Å². The number of benzene rings is 1. The summed E-state index contributed by atoms with van der Waals surface area (Å²) in [5.41, 5.74) is 0.453. The lowest BCUT2D eigenvalue weighted by molar-refractivity contribution is 0.0330. The van der Waals surface area contributed by atoms with E-state index in [1.807, 2.05) is 0 Å². The van der Waals surface area contributed by atoms with Crippen LogP contribution >= 0.6 is 0 Å². The molecule has 1 heterocycles. The largest absolute Gasteiger partial charge is 0.488 e. The van der Waals surface area contributed by atoms with Crippen LogP contribution in [0.4, 0.5) is 4.39 Å². The van der Waals surface area contributed by atoms with Gasteiger partial charge in [0.2, 0.25) is 0 Å². The third-order valence-electron chi connectivity index (χ3n) is 2.31. The van der Waals surface area contributed by atoms with Crippen molar-refractivity contribution in [2.24, 2.45) is 0 Å². The quantitative estimate of drug-likeness (QED) is 0.707. The van der Waals surface area contributed by atoms with Gasteiger partial charge in [-0.25, -0.2) is 4.39 Å². The summed E-state index contributed by atoms with van der Waals surface area (Å²) in [7, 11) is 0. The fraction of sp³-hybridized carbons (Fsp3) is 0.400. The first-order valence-corrected chi connectivity index (χ1v) is 4.45. The molecule has 1 aromatic rings. The third-order valence-corrected chi connectivity index (χ3v) is 2.31. The molecule has 0 aromatic heterocycles. The van der Waals surface area contributed by atoms with Gasteiger partial charge in [0.1, 0.15) is 17.7 Å². The van der Waals surface area contributed by atoms with Gasteiger partial charge in [0.25, 0.3) is 0 Å². The van der Waals surface area contributed by atoms with Crippen molar-refractivity contribution in [2.75, 3.05) is 6.61 Å². The molecule has 0 radical (unpaired) electrons. The summed E-state index contributed by atoms with van der Waals surface area (Å²) >= 11 is 0. The molecule has 0 amide bonds. The van der Waals surface area contributed by atoms with Crippen molar-refractivity contribution in [3.63, 3.8) is 0 Å². The molecule has 2 rings (SSSR count). The zero-order valence-corrected chi connectivity index (χ0v) is 7.48. The first-order valence-electron chi connectivity index (χ1n) is 4.45. The Hall–Kier alpha value is -1.13. The van der Waals surface area contributed by atoms with Gasteiger partial charge in [-0.05, 0) is 18.2 Å². The van der Waals surface area contributed by atoms with Crippen LogP contribution in [0.5, 0.6) is 5.75 Å². The number of hydrogen-bond donors (Lipinski definition) is 2. The van der Waals surface area contributed by atoms with Gasteiger partial charge in [0, 0.05) is 12.0 Å². The maximum absolute atomic E-state index is 12.8. The summed E-state index contributed by atoms with van der Waals surface area (Å²) in [6.07, 6.45) is -0.859. The average molecular weight is 198 g/mol. The highest BCUT2D eigenvalue weighted by atomic mass is 19.1. The molecule has 0 spiro atoms. The Kier molecular flexibility index (Phi) is 2.39. The highest BCUT2D eigenvalue weighted by Crippen LogP contribution is 2.34. The van der Waals surface area contributed by atoms with E-state index >= 15 is 0 Å². The minimum atomic E-state index is -0.758. The molecule has 2 N–H and O–H groups in total. The topological polar surface area (TPSA) is 49.7 Å². The predicted octanol–water partition coefficient (Wildman–Crippen LogP) is 1.00. The van der Waals surface area contributed by atoms with E-state index in [1.54, 1.807) is 0 Å². The van der Waals surface area contributed by atoms with Crippen molar-refractivity contribution in [3.8, 4) is 5.75 Å². The van der Waals surface area contributed by atoms with Crippen LogP contribution in [0.1, 0.15) is 18.1 Å². The fourth-order valence-corrected chi connectivity index (χ4v) is 1.60. The van der Waals surface area contributed by atoms with Gasteiger partial charge in [0.05, 0.1) is 12.7 Å². The summed E-state index contributed by atoms with van der Waals surface area (Å²) in [6, 6.07) is 3.99.